The van der Waals surface area contributed by atoms with Crippen molar-refractivity contribution in [2.24, 2.45) is 5.92 Å². The van der Waals surface area contributed by atoms with Crippen molar-refractivity contribution in [3.63, 3.8) is 0 Å². The third-order valence-electron chi connectivity index (χ3n) is 5.29. The SMILES string of the molecule is COc1ccc([C@H](CC(C)C)NC(=O)CN(c2ccccc2)S(=O)(=O)c2ccc(F)cc2)cc1. The molecule has 34 heavy (non-hydrogen) atoms. The molecule has 1 N–H and O–H groups in total. The fourth-order valence-corrected chi connectivity index (χ4v) is 5.02. The molecule has 8 heteroatoms. The Morgan fingerprint density at radius 2 is 1.59 bits per heavy atom. The minimum absolute atomic E-state index is 0.0977. The minimum atomic E-state index is -4.11. The lowest BCUT2D eigenvalue weighted by molar-refractivity contribution is -0.120. The number of rotatable bonds is 10. The van der Waals surface area contributed by atoms with Crippen LogP contribution in [0, 0.1) is 11.7 Å². The zero-order valence-electron chi connectivity index (χ0n) is 19.4. The second kappa shape index (κ2) is 11.2. The normalized spacial score (nSPS) is 12.3. The average molecular weight is 485 g/mol. The Labute approximate surface area is 200 Å². The lowest BCUT2D eigenvalue weighted by Crippen LogP contribution is -2.42. The number of carbonyl (C=O) groups is 1. The van der Waals surface area contributed by atoms with Crippen molar-refractivity contribution >= 4 is 21.6 Å². The molecule has 0 fully saturated rings. The lowest BCUT2D eigenvalue weighted by atomic mass is 9.97. The van der Waals surface area contributed by atoms with Crippen LogP contribution in [-0.2, 0) is 14.8 Å². The Hall–Kier alpha value is -3.39. The van der Waals surface area contributed by atoms with E-state index in [9.17, 15) is 17.6 Å². The minimum Gasteiger partial charge on any atom is -0.497 e. The fraction of sp³-hybridized carbons (Fsp3) is 0.269. The van der Waals surface area contributed by atoms with Crippen LogP contribution in [0.4, 0.5) is 10.1 Å². The summed E-state index contributed by atoms with van der Waals surface area (Å²) in [5, 5.41) is 2.99. The summed E-state index contributed by atoms with van der Waals surface area (Å²) in [6.07, 6.45) is 0.675. The lowest BCUT2D eigenvalue weighted by Gasteiger charge is -2.26. The number of ether oxygens (including phenoxy) is 1. The number of halogens is 1. The quantitative estimate of drug-likeness (QED) is 0.443. The van der Waals surface area contributed by atoms with Gasteiger partial charge in [-0.15, -0.1) is 0 Å². The average Bonchev–Trinajstić information content (AvgIpc) is 2.82. The summed E-state index contributed by atoms with van der Waals surface area (Å²) in [5.74, 6) is 0.00886. The topological polar surface area (TPSA) is 75.7 Å². The number of sulfonamides is 1. The van der Waals surface area contributed by atoms with Gasteiger partial charge in [0.1, 0.15) is 18.1 Å². The van der Waals surface area contributed by atoms with Crippen LogP contribution in [0.15, 0.2) is 83.8 Å². The Morgan fingerprint density at radius 1 is 0.971 bits per heavy atom. The van der Waals surface area contributed by atoms with Crippen molar-refractivity contribution in [1.82, 2.24) is 5.32 Å². The first-order valence-corrected chi connectivity index (χ1v) is 12.4. The molecule has 180 valence electrons. The van der Waals surface area contributed by atoms with Gasteiger partial charge in [-0.25, -0.2) is 12.8 Å². The predicted octanol–water partition coefficient (Wildman–Crippen LogP) is 4.93. The van der Waals surface area contributed by atoms with Crippen LogP contribution < -0.4 is 14.4 Å². The van der Waals surface area contributed by atoms with Gasteiger partial charge in [0.15, 0.2) is 0 Å². The highest BCUT2D eigenvalue weighted by Gasteiger charge is 2.28. The van der Waals surface area contributed by atoms with E-state index in [0.717, 1.165) is 22.0 Å². The summed E-state index contributed by atoms with van der Waals surface area (Å²) in [5.41, 5.74) is 1.24. The number of methoxy groups -OCH3 is 1. The fourth-order valence-electron chi connectivity index (χ4n) is 3.60. The largest absolute Gasteiger partial charge is 0.497 e. The maximum absolute atomic E-state index is 13.4. The van der Waals surface area contributed by atoms with Crippen molar-refractivity contribution in [3.8, 4) is 5.75 Å². The highest BCUT2D eigenvalue weighted by molar-refractivity contribution is 7.92. The van der Waals surface area contributed by atoms with Crippen LogP contribution in [0.3, 0.4) is 0 Å². The number of nitrogens with one attached hydrogen (secondary N) is 1. The number of amides is 1. The van der Waals surface area contributed by atoms with Crippen molar-refractivity contribution in [3.05, 3.63) is 90.2 Å². The van der Waals surface area contributed by atoms with E-state index in [-0.39, 0.29) is 10.9 Å². The first-order chi connectivity index (χ1) is 16.2. The molecule has 6 nitrogen and oxygen atoms in total. The molecule has 0 bridgehead atoms. The van der Waals surface area contributed by atoms with E-state index in [1.165, 1.54) is 12.1 Å². The summed E-state index contributed by atoms with van der Waals surface area (Å²) < 4.78 is 46.4. The molecule has 0 aromatic heterocycles. The molecule has 1 amide bonds. The second-order valence-corrected chi connectivity index (χ2v) is 10.2. The van der Waals surface area contributed by atoms with Crippen LogP contribution in [0.2, 0.25) is 0 Å². The van der Waals surface area contributed by atoms with Gasteiger partial charge in [-0.05, 0) is 66.4 Å². The third-order valence-corrected chi connectivity index (χ3v) is 7.08. The van der Waals surface area contributed by atoms with Crippen LogP contribution in [0.1, 0.15) is 31.9 Å². The van der Waals surface area contributed by atoms with Gasteiger partial charge in [-0.2, -0.15) is 0 Å². The van der Waals surface area contributed by atoms with Crippen LogP contribution in [0.5, 0.6) is 5.75 Å². The van der Waals surface area contributed by atoms with Crippen LogP contribution in [0.25, 0.3) is 0 Å². The molecule has 0 heterocycles. The Kier molecular flexibility index (Phi) is 8.28. The Morgan fingerprint density at radius 3 is 2.15 bits per heavy atom. The van der Waals surface area contributed by atoms with Gasteiger partial charge in [-0.1, -0.05) is 44.2 Å². The smallest absolute Gasteiger partial charge is 0.264 e. The van der Waals surface area contributed by atoms with Crippen molar-refractivity contribution in [2.45, 2.75) is 31.2 Å². The Balaban J connectivity index is 1.88. The predicted molar refractivity (Wildman–Crippen MR) is 131 cm³/mol. The summed E-state index contributed by atoms with van der Waals surface area (Å²) in [4.78, 5) is 13.0. The van der Waals surface area contributed by atoms with Crippen molar-refractivity contribution in [2.75, 3.05) is 18.0 Å². The maximum Gasteiger partial charge on any atom is 0.264 e. The molecule has 1 atom stereocenters. The van der Waals surface area contributed by atoms with E-state index in [4.69, 9.17) is 4.74 Å². The second-order valence-electron chi connectivity index (χ2n) is 8.32. The number of benzene rings is 3. The van der Waals surface area contributed by atoms with Crippen LogP contribution in [-0.4, -0.2) is 28.0 Å². The number of anilines is 1. The van der Waals surface area contributed by atoms with E-state index >= 15 is 0 Å². The summed E-state index contributed by atoms with van der Waals surface area (Å²) in [7, 11) is -2.52. The molecule has 0 aliphatic rings. The van der Waals surface area contributed by atoms with Crippen LogP contribution >= 0.6 is 0 Å². The van der Waals surface area contributed by atoms with Gasteiger partial charge >= 0.3 is 0 Å². The standard InChI is InChI=1S/C26H29FN2O4S/c1-19(2)17-25(20-9-13-23(33-3)14-10-20)28-26(30)18-29(22-7-5-4-6-8-22)34(31,32)24-15-11-21(27)12-16-24/h4-16,19,25H,17-18H2,1-3H3,(H,28,30)/t25-/m0/s1. The molecule has 0 aliphatic carbocycles. The number of carbonyl (C=O) groups excluding carboxylic acids is 1. The number of nitrogens with zero attached hydrogens (tertiary/aromatic N) is 1. The van der Waals surface area contributed by atoms with Gasteiger partial charge in [0.25, 0.3) is 10.0 Å². The van der Waals surface area contributed by atoms with Crippen molar-refractivity contribution < 1.29 is 22.3 Å². The van der Waals surface area contributed by atoms with Crippen molar-refractivity contribution in [1.29, 1.82) is 0 Å². The summed E-state index contributed by atoms with van der Waals surface area (Å²) in [6.45, 7) is 3.68. The van der Waals surface area contributed by atoms with Gasteiger partial charge in [0.2, 0.25) is 5.91 Å². The molecule has 3 aromatic carbocycles. The molecule has 0 unspecified atom stereocenters. The molecule has 3 rings (SSSR count). The molecular formula is C26H29FN2O4S. The summed E-state index contributed by atoms with van der Waals surface area (Å²) in [6, 6.07) is 20.0. The first kappa shape index (κ1) is 25.2. The number of para-hydroxylation sites is 1. The van der Waals surface area contributed by atoms with Gasteiger partial charge in [0, 0.05) is 0 Å². The first-order valence-electron chi connectivity index (χ1n) is 11.0. The molecule has 3 aromatic rings. The zero-order valence-corrected chi connectivity index (χ0v) is 20.3. The van der Waals surface area contributed by atoms with E-state index in [2.05, 4.69) is 19.2 Å². The van der Waals surface area contributed by atoms with Gasteiger partial charge in [-0.3, -0.25) is 9.10 Å². The summed E-state index contributed by atoms with van der Waals surface area (Å²) >= 11 is 0. The van der Waals surface area contributed by atoms with E-state index < -0.39 is 28.3 Å². The third kappa shape index (κ3) is 6.35. The van der Waals surface area contributed by atoms with E-state index in [0.29, 0.717) is 23.8 Å². The monoisotopic (exact) mass is 484 g/mol. The molecule has 0 aliphatic heterocycles. The molecule has 0 radical (unpaired) electrons. The van der Waals surface area contributed by atoms with Gasteiger partial charge < -0.3 is 10.1 Å². The van der Waals surface area contributed by atoms with E-state index in [1.54, 1.807) is 37.4 Å². The highest BCUT2D eigenvalue weighted by atomic mass is 32.2. The van der Waals surface area contributed by atoms with Gasteiger partial charge in [0.05, 0.1) is 23.7 Å². The molecule has 0 spiro atoms. The van der Waals surface area contributed by atoms with E-state index in [1.807, 2.05) is 24.3 Å². The highest BCUT2D eigenvalue weighted by Crippen LogP contribution is 2.26. The molecular weight excluding hydrogens is 455 g/mol. The molecule has 0 saturated heterocycles. The zero-order chi connectivity index (χ0) is 24.7. The number of hydrogen-bond donors (Lipinski definition) is 1. The number of hydrogen-bond acceptors (Lipinski definition) is 4. The molecule has 0 saturated carbocycles. The Bertz CT molecular complexity index is 1180. The maximum atomic E-state index is 13.4.